The van der Waals surface area contributed by atoms with Crippen molar-refractivity contribution in [2.45, 2.75) is 13.0 Å². The Kier molecular flexibility index (Phi) is 3.22. The van der Waals surface area contributed by atoms with Gasteiger partial charge in [0.15, 0.2) is 0 Å². The molecule has 1 heterocycles. The van der Waals surface area contributed by atoms with Crippen molar-refractivity contribution in [2.75, 3.05) is 27.2 Å². The molecule has 1 fully saturated rings. The Bertz CT molecular complexity index is 420. The number of hydrogen-bond acceptors (Lipinski definition) is 2. The molecule has 1 aromatic carbocycles. The van der Waals surface area contributed by atoms with Crippen molar-refractivity contribution in [1.29, 1.82) is 0 Å². The molecular formula is C13H18N2O2. The van der Waals surface area contributed by atoms with Gasteiger partial charge in [0.05, 0.1) is 13.2 Å². The molecule has 2 rings (SSSR count). The van der Waals surface area contributed by atoms with Crippen LogP contribution >= 0.6 is 0 Å². The number of rotatable bonds is 3. The second-order valence-corrected chi connectivity index (χ2v) is 4.22. The van der Waals surface area contributed by atoms with Gasteiger partial charge < -0.3 is 14.5 Å². The summed E-state index contributed by atoms with van der Waals surface area (Å²) < 4.78 is 5.21. The fourth-order valence-electron chi connectivity index (χ4n) is 2.21. The van der Waals surface area contributed by atoms with Crippen LogP contribution in [-0.4, -0.2) is 43.1 Å². The molecule has 0 radical (unpaired) electrons. The molecule has 4 nitrogen and oxygen atoms in total. The Morgan fingerprint density at radius 3 is 2.82 bits per heavy atom. The van der Waals surface area contributed by atoms with Crippen molar-refractivity contribution in [1.82, 2.24) is 9.80 Å². The number of hydrogen-bond donors (Lipinski definition) is 0. The fourth-order valence-corrected chi connectivity index (χ4v) is 2.21. The minimum Gasteiger partial charge on any atom is -0.497 e. The number of methoxy groups -OCH3 is 1. The SMILES string of the molecule is CCN1CC(c2cccc(OC)c2)N(C)C1=O. The highest BCUT2D eigenvalue weighted by Gasteiger charge is 2.34. The Balaban J connectivity index is 2.25. The van der Waals surface area contributed by atoms with Crippen molar-refractivity contribution in [3.05, 3.63) is 29.8 Å². The lowest BCUT2D eigenvalue weighted by Gasteiger charge is -2.18. The molecule has 0 bridgehead atoms. The second-order valence-electron chi connectivity index (χ2n) is 4.22. The summed E-state index contributed by atoms with van der Waals surface area (Å²) in [5.74, 6) is 0.832. The van der Waals surface area contributed by atoms with Gasteiger partial charge in [-0.1, -0.05) is 12.1 Å². The molecule has 1 saturated heterocycles. The van der Waals surface area contributed by atoms with Crippen LogP contribution in [0.5, 0.6) is 5.75 Å². The van der Waals surface area contributed by atoms with Crippen LogP contribution in [0.3, 0.4) is 0 Å². The first-order chi connectivity index (χ1) is 8.17. The summed E-state index contributed by atoms with van der Waals surface area (Å²) >= 11 is 0. The van der Waals surface area contributed by atoms with Crippen LogP contribution in [0.4, 0.5) is 4.79 Å². The van der Waals surface area contributed by atoms with Crippen molar-refractivity contribution >= 4 is 6.03 Å². The molecular weight excluding hydrogens is 216 g/mol. The van der Waals surface area contributed by atoms with E-state index < -0.39 is 0 Å². The summed E-state index contributed by atoms with van der Waals surface area (Å²) in [4.78, 5) is 15.5. The third-order valence-corrected chi connectivity index (χ3v) is 3.29. The summed E-state index contributed by atoms with van der Waals surface area (Å²) in [6, 6.07) is 8.13. The van der Waals surface area contributed by atoms with Crippen molar-refractivity contribution < 1.29 is 9.53 Å². The molecule has 92 valence electrons. The highest BCUT2D eigenvalue weighted by Crippen LogP contribution is 2.29. The van der Waals surface area contributed by atoms with E-state index in [0.717, 1.165) is 24.4 Å². The standard InChI is InChI=1S/C13H18N2O2/c1-4-15-9-12(14(2)13(15)16)10-6-5-7-11(8-10)17-3/h5-8,12H,4,9H2,1-3H3. The summed E-state index contributed by atoms with van der Waals surface area (Å²) in [5, 5.41) is 0. The van der Waals surface area contributed by atoms with E-state index >= 15 is 0 Å². The van der Waals surface area contributed by atoms with Gasteiger partial charge in [0.2, 0.25) is 0 Å². The first-order valence-corrected chi connectivity index (χ1v) is 5.83. The predicted molar refractivity (Wildman–Crippen MR) is 66.1 cm³/mol. The van der Waals surface area contributed by atoms with Gasteiger partial charge >= 0.3 is 6.03 Å². The van der Waals surface area contributed by atoms with E-state index in [1.165, 1.54) is 0 Å². The van der Waals surface area contributed by atoms with E-state index in [1.807, 2.05) is 43.1 Å². The van der Waals surface area contributed by atoms with Gasteiger partial charge in [-0.15, -0.1) is 0 Å². The number of benzene rings is 1. The normalized spacial score (nSPS) is 19.9. The van der Waals surface area contributed by atoms with E-state index in [1.54, 1.807) is 12.0 Å². The van der Waals surface area contributed by atoms with E-state index in [9.17, 15) is 4.79 Å². The van der Waals surface area contributed by atoms with Crippen molar-refractivity contribution in [3.8, 4) is 5.75 Å². The number of ether oxygens (including phenoxy) is 1. The second kappa shape index (κ2) is 4.65. The van der Waals surface area contributed by atoms with Crippen LogP contribution in [0.2, 0.25) is 0 Å². The molecule has 1 aliphatic heterocycles. The van der Waals surface area contributed by atoms with E-state index in [0.29, 0.717) is 0 Å². The Labute approximate surface area is 102 Å². The highest BCUT2D eigenvalue weighted by atomic mass is 16.5. The summed E-state index contributed by atoms with van der Waals surface area (Å²) in [5.41, 5.74) is 1.12. The predicted octanol–water partition coefficient (Wildman–Crippen LogP) is 2.12. The van der Waals surface area contributed by atoms with E-state index in [2.05, 4.69) is 0 Å². The zero-order valence-corrected chi connectivity index (χ0v) is 10.5. The van der Waals surface area contributed by atoms with Gasteiger partial charge in [0, 0.05) is 20.1 Å². The summed E-state index contributed by atoms with van der Waals surface area (Å²) in [7, 11) is 3.50. The number of carbonyl (C=O) groups is 1. The Morgan fingerprint density at radius 2 is 2.24 bits per heavy atom. The molecule has 1 unspecified atom stereocenters. The fraction of sp³-hybridized carbons (Fsp3) is 0.462. The van der Waals surface area contributed by atoms with Crippen LogP contribution in [0.1, 0.15) is 18.5 Å². The third-order valence-electron chi connectivity index (χ3n) is 3.29. The molecule has 17 heavy (non-hydrogen) atoms. The number of amides is 2. The number of nitrogens with zero attached hydrogens (tertiary/aromatic N) is 2. The van der Waals surface area contributed by atoms with E-state index in [-0.39, 0.29) is 12.1 Å². The summed E-state index contributed by atoms with van der Waals surface area (Å²) in [6.45, 7) is 3.50. The molecule has 0 aliphatic carbocycles. The quantitative estimate of drug-likeness (QED) is 0.802. The molecule has 0 N–H and O–H groups in total. The third kappa shape index (κ3) is 2.07. The number of likely N-dealkylation sites (N-methyl/N-ethyl adjacent to an activating group) is 2. The lowest BCUT2D eigenvalue weighted by Crippen LogP contribution is -2.29. The molecule has 0 saturated carbocycles. The molecule has 1 aliphatic rings. The minimum absolute atomic E-state index is 0.0975. The maximum absolute atomic E-state index is 11.9. The zero-order chi connectivity index (χ0) is 12.4. The van der Waals surface area contributed by atoms with Gasteiger partial charge in [-0.2, -0.15) is 0 Å². The van der Waals surface area contributed by atoms with Gasteiger partial charge in [-0.25, -0.2) is 4.79 Å². The lowest BCUT2D eigenvalue weighted by atomic mass is 10.1. The maximum Gasteiger partial charge on any atom is 0.320 e. The monoisotopic (exact) mass is 234 g/mol. The van der Waals surface area contributed by atoms with Crippen LogP contribution < -0.4 is 4.74 Å². The first kappa shape index (κ1) is 11.8. The summed E-state index contributed by atoms with van der Waals surface area (Å²) in [6.07, 6.45) is 0. The minimum atomic E-state index is 0.0975. The molecule has 2 amide bonds. The molecule has 4 heteroatoms. The molecule has 0 aromatic heterocycles. The largest absolute Gasteiger partial charge is 0.497 e. The highest BCUT2D eigenvalue weighted by molar-refractivity contribution is 5.77. The number of urea groups is 1. The van der Waals surface area contributed by atoms with Gasteiger partial charge in [-0.05, 0) is 24.6 Å². The van der Waals surface area contributed by atoms with Crippen molar-refractivity contribution in [2.24, 2.45) is 0 Å². The molecule has 1 atom stereocenters. The van der Waals surface area contributed by atoms with Gasteiger partial charge in [0.1, 0.15) is 5.75 Å². The van der Waals surface area contributed by atoms with Crippen LogP contribution in [-0.2, 0) is 0 Å². The average molecular weight is 234 g/mol. The van der Waals surface area contributed by atoms with Gasteiger partial charge in [-0.3, -0.25) is 0 Å². The van der Waals surface area contributed by atoms with Crippen LogP contribution in [0, 0.1) is 0 Å². The first-order valence-electron chi connectivity index (χ1n) is 5.83. The Morgan fingerprint density at radius 1 is 1.47 bits per heavy atom. The average Bonchev–Trinajstić information content (AvgIpc) is 2.66. The molecule has 0 spiro atoms. The maximum atomic E-state index is 11.9. The number of carbonyl (C=O) groups excluding carboxylic acids is 1. The van der Waals surface area contributed by atoms with Crippen molar-refractivity contribution in [3.63, 3.8) is 0 Å². The zero-order valence-electron chi connectivity index (χ0n) is 10.5. The topological polar surface area (TPSA) is 32.8 Å². The van der Waals surface area contributed by atoms with E-state index in [4.69, 9.17) is 4.74 Å². The lowest BCUT2D eigenvalue weighted by molar-refractivity contribution is 0.197. The molecule has 1 aromatic rings. The smallest absolute Gasteiger partial charge is 0.320 e. The Hall–Kier alpha value is -1.71. The van der Waals surface area contributed by atoms with Gasteiger partial charge in [0.25, 0.3) is 0 Å². The van der Waals surface area contributed by atoms with Crippen LogP contribution in [0.15, 0.2) is 24.3 Å². The van der Waals surface area contributed by atoms with Crippen LogP contribution in [0.25, 0.3) is 0 Å².